The van der Waals surface area contributed by atoms with Crippen LogP contribution in [0.15, 0.2) is 66.9 Å². The number of thiocarbonyl (C=S) groups is 1. The third-order valence-electron chi connectivity index (χ3n) is 7.01. The first-order valence-corrected chi connectivity index (χ1v) is 12.8. The van der Waals surface area contributed by atoms with Gasteiger partial charge in [-0.25, -0.2) is 0 Å². The van der Waals surface area contributed by atoms with Gasteiger partial charge < -0.3 is 24.3 Å². The molecule has 0 amide bonds. The zero-order chi connectivity index (χ0) is 26.3. The maximum atomic E-state index is 6.51. The molecule has 2 atom stereocenters. The minimum Gasteiger partial charge on any atom is -0.497 e. The number of hydrogen-bond acceptors (Lipinski definition) is 4. The second kappa shape index (κ2) is 10.1. The summed E-state index contributed by atoms with van der Waals surface area (Å²) in [6.07, 6.45) is 1.81. The number of rotatable bonds is 6. The molecule has 0 saturated carbocycles. The summed E-state index contributed by atoms with van der Waals surface area (Å²) in [5.41, 5.74) is 7.16. The third kappa shape index (κ3) is 4.32. The summed E-state index contributed by atoms with van der Waals surface area (Å²) in [5.74, 6) is 1.43. The molecule has 37 heavy (non-hydrogen) atoms. The summed E-state index contributed by atoms with van der Waals surface area (Å²) in [5, 5.41) is 4.87. The largest absolute Gasteiger partial charge is 0.497 e. The molecule has 5 rings (SSSR count). The summed E-state index contributed by atoms with van der Waals surface area (Å²) in [7, 11) is 3.32. The van der Waals surface area contributed by atoms with Gasteiger partial charge in [0.25, 0.3) is 0 Å². The number of benzene rings is 2. The first kappa shape index (κ1) is 25.1. The highest BCUT2D eigenvalue weighted by molar-refractivity contribution is 7.80. The van der Waals surface area contributed by atoms with Crippen molar-refractivity contribution < 1.29 is 9.47 Å². The van der Waals surface area contributed by atoms with Crippen molar-refractivity contribution in [1.29, 1.82) is 0 Å². The predicted molar refractivity (Wildman–Crippen MR) is 152 cm³/mol. The Morgan fingerprint density at radius 2 is 1.76 bits per heavy atom. The number of nitrogens with zero attached hydrogens (tertiary/aromatic N) is 3. The van der Waals surface area contributed by atoms with Gasteiger partial charge in [-0.05, 0) is 86.6 Å². The molecule has 0 radical (unpaired) electrons. The standard InChI is InChI=1S/C29H29ClN4O2S/c1-17-15-21(19(3)33(17)24-11-8-9-22(30)18(24)2)28-27(23-10-6-7-14-31-23)32-29(37)34(28)25-16-20(35-4)12-13-26(25)36-5/h6-16,27-28H,1-5H3,(H,32,37)/t27-,28+/m1/s1. The van der Waals surface area contributed by atoms with Gasteiger partial charge in [-0.15, -0.1) is 0 Å². The molecule has 2 aromatic carbocycles. The Labute approximate surface area is 227 Å². The van der Waals surface area contributed by atoms with Gasteiger partial charge in [-0.3, -0.25) is 4.98 Å². The second-order valence-corrected chi connectivity index (χ2v) is 9.87. The topological polar surface area (TPSA) is 51.6 Å². The molecular weight excluding hydrogens is 504 g/mol. The van der Waals surface area contributed by atoms with E-state index in [-0.39, 0.29) is 12.1 Å². The van der Waals surface area contributed by atoms with Crippen LogP contribution in [0.3, 0.4) is 0 Å². The number of anilines is 1. The normalized spacial score (nSPS) is 17.1. The van der Waals surface area contributed by atoms with Crippen LogP contribution < -0.4 is 19.7 Å². The maximum absolute atomic E-state index is 6.51. The molecule has 1 fully saturated rings. The number of hydrogen-bond donors (Lipinski definition) is 1. The Morgan fingerprint density at radius 3 is 2.46 bits per heavy atom. The Hall–Kier alpha value is -3.55. The van der Waals surface area contributed by atoms with Crippen molar-refractivity contribution in [3.63, 3.8) is 0 Å². The summed E-state index contributed by atoms with van der Waals surface area (Å²) >= 11 is 12.5. The van der Waals surface area contributed by atoms with Gasteiger partial charge in [-0.2, -0.15) is 0 Å². The molecule has 2 aromatic heterocycles. The summed E-state index contributed by atoms with van der Waals surface area (Å²) in [6.45, 7) is 6.30. The van der Waals surface area contributed by atoms with E-state index in [0.29, 0.717) is 10.9 Å². The Balaban J connectivity index is 1.73. The van der Waals surface area contributed by atoms with Gasteiger partial charge in [0.1, 0.15) is 11.5 Å². The molecule has 1 saturated heterocycles. The number of halogens is 1. The summed E-state index contributed by atoms with van der Waals surface area (Å²) < 4.78 is 13.6. The van der Waals surface area contributed by atoms with Crippen LogP contribution in [0.2, 0.25) is 5.02 Å². The van der Waals surface area contributed by atoms with Crippen LogP contribution in [-0.4, -0.2) is 28.9 Å². The van der Waals surface area contributed by atoms with Crippen LogP contribution in [0.5, 0.6) is 11.5 Å². The molecule has 1 aliphatic heterocycles. The monoisotopic (exact) mass is 532 g/mol. The van der Waals surface area contributed by atoms with Crippen LogP contribution in [0.25, 0.3) is 5.69 Å². The van der Waals surface area contributed by atoms with Crippen molar-refractivity contribution in [2.75, 3.05) is 19.1 Å². The van der Waals surface area contributed by atoms with E-state index in [1.165, 1.54) is 0 Å². The molecule has 1 N–H and O–H groups in total. The Kier molecular flexibility index (Phi) is 6.84. The number of nitrogens with one attached hydrogen (secondary N) is 1. The van der Waals surface area contributed by atoms with E-state index in [4.69, 9.17) is 33.3 Å². The van der Waals surface area contributed by atoms with Crippen LogP contribution in [0.4, 0.5) is 5.69 Å². The lowest BCUT2D eigenvalue weighted by Gasteiger charge is -2.29. The van der Waals surface area contributed by atoms with Crippen molar-refractivity contribution in [1.82, 2.24) is 14.9 Å². The molecule has 0 aliphatic carbocycles. The van der Waals surface area contributed by atoms with Crippen molar-refractivity contribution >= 4 is 34.6 Å². The zero-order valence-electron chi connectivity index (χ0n) is 21.4. The number of ether oxygens (including phenoxy) is 2. The molecule has 6 nitrogen and oxygen atoms in total. The molecule has 3 heterocycles. The van der Waals surface area contributed by atoms with E-state index < -0.39 is 0 Å². The van der Waals surface area contributed by atoms with Gasteiger partial charge >= 0.3 is 0 Å². The molecule has 0 spiro atoms. The van der Waals surface area contributed by atoms with E-state index >= 15 is 0 Å². The van der Waals surface area contributed by atoms with Gasteiger partial charge in [-0.1, -0.05) is 23.7 Å². The van der Waals surface area contributed by atoms with Crippen molar-refractivity contribution in [3.8, 4) is 17.2 Å². The molecule has 190 valence electrons. The highest BCUT2D eigenvalue weighted by atomic mass is 35.5. The van der Waals surface area contributed by atoms with Crippen LogP contribution in [0.1, 0.15) is 40.3 Å². The van der Waals surface area contributed by atoms with Gasteiger partial charge in [0.2, 0.25) is 0 Å². The zero-order valence-corrected chi connectivity index (χ0v) is 23.0. The lowest BCUT2D eigenvalue weighted by atomic mass is 9.96. The molecule has 8 heteroatoms. The molecule has 0 unspecified atom stereocenters. The van der Waals surface area contributed by atoms with Gasteiger partial charge in [0, 0.05) is 34.4 Å². The number of pyridine rings is 1. The highest BCUT2D eigenvalue weighted by Crippen LogP contribution is 2.47. The van der Waals surface area contributed by atoms with Gasteiger partial charge in [0.15, 0.2) is 5.11 Å². The fraction of sp³-hybridized carbons (Fsp3) is 0.241. The van der Waals surface area contributed by atoms with Crippen molar-refractivity contribution in [2.45, 2.75) is 32.9 Å². The van der Waals surface area contributed by atoms with E-state index in [2.05, 4.69) is 45.7 Å². The van der Waals surface area contributed by atoms with E-state index in [1.54, 1.807) is 14.2 Å². The Morgan fingerprint density at radius 1 is 0.946 bits per heavy atom. The minimum atomic E-state index is -0.192. The quantitative estimate of drug-likeness (QED) is 0.281. The SMILES string of the molecule is COc1ccc(OC)c(N2C(=S)N[C@H](c3ccccn3)[C@@H]2c2cc(C)n(-c3cccc(Cl)c3C)c2C)c1. The van der Waals surface area contributed by atoms with Crippen molar-refractivity contribution in [3.05, 3.63) is 100 Å². The first-order chi connectivity index (χ1) is 17.8. The molecule has 1 aliphatic rings. The lowest BCUT2D eigenvalue weighted by molar-refractivity contribution is 0.403. The number of aryl methyl sites for hydroxylation is 1. The van der Waals surface area contributed by atoms with Gasteiger partial charge in [0.05, 0.1) is 37.7 Å². The van der Waals surface area contributed by atoms with Crippen LogP contribution in [-0.2, 0) is 0 Å². The number of aromatic nitrogens is 2. The third-order valence-corrected chi connectivity index (χ3v) is 7.74. The van der Waals surface area contributed by atoms with Crippen LogP contribution in [0, 0.1) is 20.8 Å². The number of methoxy groups -OCH3 is 2. The lowest BCUT2D eigenvalue weighted by Crippen LogP contribution is -2.30. The maximum Gasteiger partial charge on any atom is 0.174 e. The van der Waals surface area contributed by atoms with Crippen LogP contribution >= 0.6 is 23.8 Å². The fourth-order valence-electron chi connectivity index (χ4n) is 5.21. The van der Waals surface area contributed by atoms with E-state index in [9.17, 15) is 0 Å². The predicted octanol–water partition coefficient (Wildman–Crippen LogP) is 6.65. The molecule has 4 aromatic rings. The first-order valence-electron chi connectivity index (χ1n) is 12.0. The van der Waals surface area contributed by atoms with Crippen molar-refractivity contribution in [2.24, 2.45) is 0 Å². The van der Waals surface area contributed by atoms with E-state index in [1.807, 2.05) is 61.7 Å². The average Bonchev–Trinajstić information content (AvgIpc) is 3.40. The highest BCUT2D eigenvalue weighted by Gasteiger charge is 2.43. The average molecular weight is 533 g/mol. The molecule has 0 bridgehead atoms. The fourth-order valence-corrected chi connectivity index (χ4v) is 5.72. The second-order valence-electron chi connectivity index (χ2n) is 9.08. The van der Waals surface area contributed by atoms with E-state index in [0.717, 1.165) is 50.4 Å². The Bertz CT molecular complexity index is 1470. The minimum absolute atomic E-state index is 0.181. The molecular formula is C29H29ClN4O2S. The summed E-state index contributed by atoms with van der Waals surface area (Å²) in [6, 6.07) is 19.5. The summed E-state index contributed by atoms with van der Waals surface area (Å²) in [4.78, 5) is 6.81. The smallest absolute Gasteiger partial charge is 0.174 e.